The van der Waals surface area contributed by atoms with Gasteiger partial charge < -0.3 is 5.32 Å². The van der Waals surface area contributed by atoms with Crippen LogP contribution in [0.2, 0.25) is 0 Å². The van der Waals surface area contributed by atoms with Crippen LogP contribution in [0.1, 0.15) is 24.0 Å². The lowest BCUT2D eigenvalue weighted by atomic mass is 9.97. The summed E-state index contributed by atoms with van der Waals surface area (Å²) in [5, 5.41) is 2.64. The van der Waals surface area contributed by atoms with Crippen LogP contribution in [0.25, 0.3) is 0 Å². The summed E-state index contributed by atoms with van der Waals surface area (Å²) >= 11 is 0. The maximum atomic E-state index is 13.4. The van der Waals surface area contributed by atoms with E-state index in [-0.39, 0.29) is 31.8 Å². The van der Waals surface area contributed by atoms with E-state index in [0.717, 1.165) is 22.5 Å². The molecule has 5 nitrogen and oxygen atoms in total. The Morgan fingerprint density at radius 2 is 1.73 bits per heavy atom. The van der Waals surface area contributed by atoms with Gasteiger partial charge >= 0.3 is 6.18 Å². The molecule has 0 aromatic heterocycles. The van der Waals surface area contributed by atoms with Crippen molar-refractivity contribution in [1.29, 1.82) is 0 Å². The first kappa shape index (κ1) is 22.2. The summed E-state index contributed by atoms with van der Waals surface area (Å²) in [6, 6.07) is 8.03. The molecule has 1 N–H and O–H groups in total. The van der Waals surface area contributed by atoms with E-state index >= 15 is 0 Å². The monoisotopic (exact) mass is 444 g/mol. The van der Waals surface area contributed by atoms with Crippen molar-refractivity contribution in [3.05, 3.63) is 59.4 Å². The highest BCUT2D eigenvalue weighted by Crippen LogP contribution is 2.36. The quantitative estimate of drug-likeness (QED) is 0.719. The first-order chi connectivity index (χ1) is 14.0. The number of piperidine rings is 1. The third kappa shape index (κ3) is 4.65. The van der Waals surface area contributed by atoms with Crippen molar-refractivity contribution >= 4 is 21.6 Å². The van der Waals surface area contributed by atoms with Gasteiger partial charge in [0.05, 0.1) is 10.5 Å². The fourth-order valence-corrected chi connectivity index (χ4v) is 5.07. The first-order valence-electron chi connectivity index (χ1n) is 9.23. The minimum Gasteiger partial charge on any atom is -0.326 e. The van der Waals surface area contributed by atoms with Gasteiger partial charge in [-0.2, -0.15) is 17.5 Å². The number of nitrogens with one attached hydrogen (secondary N) is 1. The fourth-order valence-electron chi connectivity index (χ4n) is 3.39. The molecule has 162 valence electrons. The third-order valence-electron chi connectivity index (χ3n) is 5.09. The number of alkyl halides is 3. The zero-order valence-corrected chi connectivity index (χ0v) is 16.9. The zero-order chi connectivity index (χ0) is 22.1. The Balaban J connectivity index is 1.71. The molecular weight excluding hydrogens is 424 g/mol. The van der Waals surface area contributed by atoms with E-state index in [1.54, 1.807) is 6.92 Å². The molecule has 0 unspecified atom stereocenters. The van der Waals surface area contributed by atoms with Crippen molar-refractivity contribution in [1.82, 2.24) is 4.31 Å². The van der Waals surface area contributed by atoms with Crippen molar-refractivity contribution in [2.45, 2.75) is 30.8 Å². The lowest BCUT2D eigenvalue weighted by Crippen LogP contribution is -2.42. The number of hydrogen-bond acceptors (Lipinski definition) is 3. The average molecular weight is 444 g/mol. The summed E-state index contributed by atoms with van der Waals surface area (Å²) in [5.41, 5.74) is -0.214. The minimum atomic E-state index is -4.80. The topological polar surface area (TPSA) is 66.5 Å². The highest BCUT2D eigenvalue weighted by molar-refractivity contribution is 7.89. The molecule has 0 radical (unpaired) electrons. The van der Waals surface area contributed by atoms with Crippen LogP contribution >= 0.6 is 0 Å². The second-order valence-electron chi connectivity index (χ2n) is 7.12. The van der Waals surface area contributed by atoms with Crippen LogP contribution in [-0.2, 0) is 21.0 Å². The molecule has 0 saturated carbocycles. The number of anilines is 1. The van der Waals surface area contributed by atoms with Gasteiger partial charge in [-0.25, -0.2) is 12.8 Å². The molecule has 0 atom stereocenters. The summed E-state index contributed by atoms with van der Waals surface area (Å²) in [6.45, 7) is 1.53. The first-order valence-corrected chi connectivity index (χ1v) is 10.7. The van der Waals surface area contributed by atoms with E-state index in [1.165, 1.54) is 24.3 Å². The highest BCUT2D eigenvalue weighted by Gasteiger charge is 2.40. The number of benzene rings is 2. The van der Waals surface area contributed by atoms with Gasteiger partial charge in [0.15, 0.2) is 0 Å². The number of aryl methyl sites for hydroxylation is 1. The molecule has 0 spiro atoms. The Morgan fingerprint density at radius 1 is 1.10 bits per heavy atom. The molecule has 10 heteroatoms. The fraction of sp³-hybridized carbons (Fsp3) is 0.350. The van der Waals surface area contributed by atoms with Gasteiger partial charge in [-0.15, -0.1) is 0 Å². The Morgan fingerprint density at radius 3 is 2.37 bits per heavy atom. The van der Waals surface area contributed by atoms with Gasteiger partial charge in [0.25, 0.3) is 0 Å². The Bertz CT molecular complexity index is 1050. The van der Waals surface area contributed by atoms with Crippen LogP contribution in [0.3, 0.4) is 0 Å². The molecule has 1 aliphatic rings. The van der Waals surface area contributed by atoms with Crippen LogP contribution in [-0.4, -0.2) is 31.7 Å². The van der Waals surface area contributed by atoms with E-state index in [1.807, 2.05) is 0 Å². The number of rotatable bonds is 4. The molecule has 0 bridgehead atoms. The molecule has 30 heavy (non-hydrogen) atoms. The number of nitrogens with zero attached hydrogens (tertiary/aromatic N) is 1. The van der Waals surface area contributed by atoms with Crippen LogP contribution in [0.15, 0.2) is 47.4 Å². The van der Waals surface area contributed by atoms with E-state index in [4.69, 9.17) is 0 Å². The Labute approximate surface area is 171 Å². The largest absolute Gasteiger partial charge is 0.417 e. The summed E-state index contributed by atoms with van der Waals surface area (Å²) in [4.78, 5) is 11.7. The SMILES string of the molecule is Cc1ccc(F)cc1NC(=O)C1CCN(S(=O)(=O)c2ccccc2C(F)(F)F)CC1. The van der Waals surface area contributed by atoms with Crippen molar-refractivity contribution in [2.75, 3.05) is 18.4 Å². The number of carbonyl (C=O) groups is 1. The van der Waals surface area contributed by atoms with Crippen LogP contribution in [0.5, 0.6) is 0 Å². The number of amides is 1. The second-order valence-corrected chi connectivity index (χ2v) is 9.03. The normalized spacial score (nSPS) is 16.4. The average Bonchev–Trinajstić information content (AvgIpc) is 2.70. The van der Waals surface area contributed by atoms with E-state index < -0.39 is 38.4 Å². The molecule has 1 fully saturated rings. The van der Waals surface area contributed by atoms with E-state index in [0.29, 0.717) is 11.3 Å². The maximum Gasteiger partial charge on any atom is 0.417 e. The lowest BCUT2D eigenvalue weighted by Gasteiger charge is -2.31. The Kier molecular flexibility index (Phi) is 6.19. The number of carbonyl (C=O) groups excluding carboxylic acids is 1. The van der Waals surface area contributed by atoms with Crippen LogP contribution in [0, 0.1) is 18.7 Å². The van der Waals surface area contributed by atoms with Gasteiger partial charge in [-0.1, -0.05) is 18.2 Å². The van der Waals surface area contributed by atoms with Gasteiger partial charge in [-0.3, -0.25) is 4.79 Å². The predicted molar refractivity (Wildman–Crippen MR) is 103 cm³/mol. The molecule has 1 aliphatic heterocycles. The molecule has 1 saturated heterocycles. The summed E-state index contributed by atoms with van der Waals surface area (Å²) in [6.07, 6.45) is -4.51. The number of halogens is 4. The Hall–Kier alpha value is -2.46. The third-order valence-corrected chi connectivity index (χ3v) is 7.05. The van der Waals surface area contributed by atoms with Crippen molar-refractivity contribution in [3.8, 4) is 0 Å². The number of hydrogen-bond donors (Lipinski definition) is 1. The van der Waals surface area contributed by atoms with Gasteiger partial charge in [0.2, 0.25) is 15.9 Å². The number of sulfonamides is 1. The van der Waals surface area contributed by atoms with Gasteiger partial charge in [-0.05, 0) is 49.6 Å². The molecule has 0 aliphatic carbocycles. The summed E-state index contributed by atoms with van der Waals surface area (Å²) in [7, 11) is -4.36. The van der Waals surface area contributed by atoms with Crippen molar-refractivity contribution < 1.29 is 30.8 Å². The molecule has 2 aromatic rings. The summed E-state index contributed by atoms with van der Waals surface area (Å²) in [5.74, 6) is -1.41. The smallest absolute Gasteiger partial charge is 0.326 e. The summed E-state index contributed by atoms with van der Waals surface area (Å²) < 4.78 is 79.6. The van der Waals surface area contributed by atoms with Crippen molar-refractivity contribution in [2.24, 2.45) is 5.92 Å². The van der Waals surface area contributed by atoms with Gasteiger partial charge in [0.1, 0.15) is 5.82 Å². The molecule has 2 aromatic carbocycles. The van der Waals surface area contributed by atoms with Crippen molar-refractivity contribution in [3.63, 3.8) is 0 Å². The standard InChI is InChI=1S/C20H20F4N2O3S/c1-13-6-7-15(21)12-17(13)25-19(27)14-8-10-26(11-9-14)30(28,29)18-5-3-2-4-16(18)20(22,23)24/h2-7,12,14H,8-11H2,1H3,(H,25,27). The molecule has 3 rings (SSSR count). The molecule has 1 amide bonds. The van der Waals surface area contributed by atoms with Crippen LogP contribution in [0.4, 0.5) is 23.2 Å². The van der Waals surface area contributed by atoms with E-state index in [9.17, 15) is 30.8 Å². The van der Waals surface area contributed by atoms with Crippen LogP contribution < -0.4 is 5.32 Å². The lowest BCUT2D eigenvalue weighted by molar-refractivity contribution is -0.139. The second kappa shape index (κ2) is 8.35. The van der Waals surface area contributed by atoms with Gasteiger partial charge in [0, 0.05) is 24.7 Å². The maximum absolute atomic E-state index is 13.4. The highest BCUT2D eigenvalue weighted by atomic mass is 32.2. The molecular formula is C20H20F4N2O3S. The minimum absolute atomic E-state index is 0.0885. The zero-order valence-electron chi connectivity index (χ0n) is 16.0. The predicted octanol–water partition coefficient (Wildman–Crippen LogP) is 4.19. The van der Waals surface area contributed by atoms with E-state index in [2.05, 4.69) is 5.32 Å². The molecule has 1 heterocycles.